The van der Waals surface area contributed by atoms with Crippen molar-refractivity contribution in [3.05, 3.63) is 84.9 Å². The number of likely N-dealkylation sites (tertiary alicyclic amines) is 1. The number of benzene rings is 3. The molecular formula is C24H20N4O3. The van der Waals surface area contributed by atoms with E-state index in [1.807, 2.05) is 84.9 Å². The maximum atomic E-state index is 12.2. The number of anilines is 1. The van der Waals surface area contributed by atoms with Crippen molar-refractivity contribution in [2.24, 2.45) is 0 Å². The minimum absolute atomic E-state index is 0.0257. The van der Waals surface area contributed by atoms with Crippen molar-refractivity contribution >= 4 is 11.7 Å². The minimum Gasteiger partial charge on any atom is -0.487 e. The molecule has 0 aliphatic carbocycles. The number of urea groups is 1. The molecule has 154 valence electrons. The normalized spacial score (nSPS) is 13.5. The van der Waals surface area contributed by atoms with E-state index < -0.39 is 0 Å². The molecule has 3 aromatic carbocycles. The molecule has 7 heteroatoms. The molecule has 1 aliphatic rings. The Bertz CT molecular complexity index is 1150. The van der Waals surface area contributed by atoms with Crippen LogP contribution in [-0.2, 0) is 0 Å². The molecule has 0 radical (unpaired) electrons. The van der Waals surface area contributed by atoms with E-state index in [-0.39, 0.29) is 12.1 Å². The van der Waals surface area contributed by atoms with Crippen LogP contribution in [0.4, 0.5) is 10.5 Å². The van der Waals surface area contributed by atoms with Crippen molar-refractivity contribution < 1.29 is 14.1 Å². The Morgan fingerprint density at radius 1 is 0.903 bits per heavy atom. The molecule has 0 spiro atoms. The summed E-state index contributed by atoms with van der Waals surface area (Å²) in [5.41, 5.74) is 2.51. The van der Waals surface area contributed by atoms with Crippen LogP contribution in [0.1, 0.15) is 0 Å². The second-order valence-corrected chi connectivity index (χ2v) is 7.25. The van der Waals surface area contributed by atoms with E-state index in [2.05, 4.69) is 15.5 Å². The van der Waals surface area contributed by atoms with Crippen LogP contribution in [0.15, 0.2) is 89.5 Å². The van der Waals surface area contributed by atoms with Gasteiger partial charge in [-0.2, -0.15) is 4.98 Å². The number of nitrogens with zero attached hydrogens (tertiary/aromatic N) is 3. The van der Waals surface area contributed by atoms with Crippen LogP contribution in [0, 0.1) is 0 Å². The standard InChI is InChI=1S/C24H20N4O3/c29-24(25-19-9-5-2-6-10-19)28-15-21(16-28)30-20-13-11-17(12-14-20)22-26-23(31-27-22)18-7-3-1-4-8-18/h1-14,21H,15-16H2,(H,25,29). The maximum absolute atomic E-state index is 12.2. The van der Waals surface area contributed by atoms with Crippen LogP contribution < -0.4 is 10.1 Å². The average molecular weight is 412 g/mol. The number of hydrogen-bond acceptors (Lipinski definition) is 5. The largest absolute Gasteiger partial charge is 0.487 e. The summed E-state index contributed by atoms with van der Waals surface area (Å²) in [4.78, 5) is 18.4. The summed E-state index contributed by atoms with van der Waals surface area (Å²) in [6, 6.07) is 26.5. The molecule has 0 saturated carbocycles. The molecule has 5 rings (SSSR count). The fourth-order valence-electron chi connectivity index (χ4n) is 3.32. The molecule has 0 atom stereocenters. The number of rotatable bonds is 5. The third kappa shape index (κ3) is 4.25. The number of ether oxygens (including phenoxy) is 1. The van der Waals surface area contributed by atoms with E-state index in [1.165, 1.54) is 0 Å². The van der Waals surface area contributed by atoms with Crippen molar-refractivity contribution in [3.8, 4) is 28.6 Å². The van der Waals surface area contributed by atoms with E-state index >= 15 is 0 Å². The maximum Gasteiger partial charge on any atom is 0.322 e. The fraction of sp³-hybridized carbons (Fsp3) is 0.125. The molecule has 7 nitrogen and oxygen atoms in total. The van der Waals surface area contributed by atoms with E-state index in [0.29, 0.717) is 24.8 Å². The molecule has 1 N–H and O–H groups in total. The van der Waals surface area contributed by atoms with Crippen LogP contribution >= 0.6 is 0 Å². The van der Waals surface area contributed by atoms with Crippen LogP contribution in [0.2, 0.25) is 0 Å². The Hall–Kier alpha value is -4.13. The lowest BCUT2D eigenvalue weighted by Gasteiger charge is -2.38. The summed E-state index contributed by atoms with van der Waals surface area (Å²) in [7, 11) is 0. The molecule has 0 bridgehead atoms. The lowest BCUT2D eigenvalue weighted by Crippen LogP contribution is -2.57. The Balaban J connectivity index is 1.15. The lowest BCUT2D eigenvalue weighted by molar-refractivity contribution is 0.0493. The number of hydrogen-bond donors (Lipinski definition) is 1. The quantitative estimate of drug-likeness (QED) is 0.514. The number of para-hydroxylation sites is 1. The first-order chi connectivity index (χ1) is 15.2. The van der Waals surface area contributed by atoms with Gasteiger partial charge in [0.25, 0.3) is 5.89 Å². The van der Waals surface area contributed by atoms with Gasteiger partial charge in [-0.1, -0.05) is 41.6 Å². The topological polar surface area (TPSA) is 80.5 Å². The first kappa shape index (κ1) is 18.9. The fourth-order valence-corrected chi connectivity index (χ4v) is 3.32. The zero-order chi connectivity index (χ0) is 21.0. The van der Waals surface area contributed by atoms with Gasteiger partial charge in [0, 0.05) is 16.8 Å². The van der Waals surface area contributed by atoms with Gasteiger partial charge in [-0.3, -0.25) is 0 Å². The van der Waals surface area contributed by atoms with Crippen LogP contribution in [-0.4, -0.2) is 40.3 Å². The van der Waals surface area contributed by atoms with Crippen molar-refractivity contribution in [2.45, 2.75) is 6.10 Å². The highest BCUT2D eigenvalue weighted by atomic mass is 16.5. The van der Waals surface area contributed by atoms with Crippen LogP contribution in [0.25, 0.3) is 22.8 Å². The predicted octanol–water partition coefficient (Wildman–Crippen LogP) is 4.70. The summed E-state index contributed by atoms with van der Waals surface area (Å²) >= 11 is 0. The summed E-state index contributed by atoms with van der Waals surface area (Å²) in [6.07, 6.45) is -0.0257. The number of amides is 2. The highest BCUT2D eigenvalue weighted by Gasteiger charge is 2.32. The van der Waals surface area contributed by atoms with E-state index in [1.54, 1.807) is 4.90 Å². The molecule has 4 aromatic rings. The van der Waals surface area contributed by atoms with Gasteiger partial charge < -0.3 is 19.5 Å². The summed E-state index contributed by atoms with van der Waals surface area (Å²) in [5.74, 6) is 1.75. The van der Waals surface area contributed by atoms with Gasteiger partial charge in [-0.15, -0.1) is 0 Å². The second-order valence-electron chi connectivity index (χ2n) is 7.25. The number of carbonyl (C=O) groups is 1. The molecule has 1 saturated heterocycles. The van der Waals surface area contributed by atoms with Gasteiger partial charge in [0.15, 0.2) is 0 Å². The van der Waals surface area contributed by atoms with Gasteiger partial charge in [0.2, 0.25) is 5.82 Å². The van der Waals surface area contributed by atoms with Gasteiger partial charge in [-0.05, 0) is 48.5 Å². The van der Waals surface area contributed by atoms with E-state index in [0.717, 1.165) is 22.6 Å². The van der Waals surface area contributed by atoms with Gasteiger partial charge in [0.1, 0.15) is 11.9 Å². The predicted molar refractivity (Wildman–Crippen MR) is 117 cm³/mol. The van der Waals surface area contributed by atoms with Crippen molar-refractivity contribution in [1.29, 1.82) is 0 Å². The monoisotopic (exact) mass is 412 g/mol. The second kappa shape index (κ2) is 8.31. The van der Waals surface area contributed by atoms with Crippen LogP contribution in [0.5, 0.6) is 5.75 Å². The highest BCUT2D eigenvalue weighted by Crippen LogP contribution is 2.25. The van der Waals surface area contributed by atoms with E-state index in [9.17, 15) is 4.79 Å². The zero-order valence-electron chi connectivity index (χ0n) is 16.6. The molecule has 1 aliphatic heterocycles. The Kier molecular flexibility index (Phi) is 5.06. The molecule has 2 heterocycles. The Morgan fingerprint density at radius 2 is 1.58 bits per heavy atom. The Labute approximate surface area is 179 Å². The highest BCUT2D eigenvalue weighted by molar-refractivity contribution is 5.89. The minimum atomic E-state index is -0.118. The summed E-state index contributed by atoms with van der Waals surface area (Å²) in [6.45, 7) is 1.09. The smallest absolute Gasteiger partial charge is 0.322 e. The zero-order valence-corrected chi connectivity index (χ0v) is 16.6. The lowest BCUT2D eigenvalue weighted by atomic mass is 10.1. The SMILES string of the molecule is O=C(Nc1ccccc1)N1CC(Oc2ccc(-c3noc(-c4ccccc4)n3)cc2)C1. The molecular weight excluding hydrogens is 392 g/mol. The van der Waals surface area contributed by atoms with Crippen molar-refractivity contribution in [2.75, 3.05) is 18.4 Å². The molecule has 2 amide bonds. The number of aromatic nitrogens is 2. The van der Waals surface area contributed by atoms with Crippen molar-refractivity contribution in [1.82, 2.24) is 15.0 Å². The number of carbonyl (C=O) groups excluding carboxylic acids is 1. The molecule has 0 unspecified atom stereocenters. The first-order valence-electron chi connectivity index (χ1n) is 10.0. The average Bonchev–Trinajstić information content (AvgIpc) is 3.28. The van der Waals surface area contributed by atoms with Gasteiger partial charge in [-0.25, -0.2) is 4.79 Å². The molecule has 1 aromatic heterocycles. The van der Waals surface area contributed by atoms with Crippen LogP contribution in [0.3, 0.4) is 0 Å². The Morgan fingerprint density at radius 3 is 2.29 bits per heavy atom. The third-order valence-corrected chi connectivity index (χ3v) is 5.02. The third-order valence-electron chi connectivity index (χ3n) is 5.02. The summed E-state index contributed by atoms with van der Waals surface area (Å²) < 4.78 is 11.3. The molecule has 31 heavy (non-hydrogen) atoms. The summed E-state index contributed by atoms with van der Waals surface area (Å²) in [5, 5.41) is 6.94. The van der Waals surface area contributed by atoms with Crippen molar-refractivity contribution in [3.63, 3.8) is 0 Å². The molecule has 1 fully saturated rings. The van der Waals surface area contributed by atoms with Gasteiger partial charge in [0.05, 0.1) is 13.1 Å². The van der Waals surface area contributed by atoms with E-state index in [4.69, 9.17) is 9.26 Å². The number of nitrogens with one attached hydrogen (secondary N) is 1. The first-order valence-corrected chi connectivity index (χ1v) is 10.0. The van der Waals surface area contributed by atoms with Gasteiger partial charge >= 0.3 is 6.03 Å².